The second-order valence-electron chi connectivity index (χ2n) is 5.47. The molecule has 0 bridgehead atoms. The number of carbonyl (C=O) groups is 1. The molecule has 1 aliphatic rings. The highest BCUT2D eigenvalue weighted by Gasteiger charge is 2.49. The van der Waals surface area contributed by atoms with Crippen LogP contribution in [0.1, 0.15) is 46.5 Å². The second-order valence-corrected chi connectivity index (χ2v) is 5.47. The molecular formula is C11H21NO2. The molecule has 1 aliphatic carbocycles. The van der Waals surface area contributed by atoms with Crippen molar-refractivity contribution in [1.82, 2.24) is 0 Å². The van der Waals surface area contributed by atoms with Gasteiger partial charge in [0.25, 0.3) is 0 Å². The molecule has 0 aliphatic heterocycles. The fourth-order valence-corrected chi connectivity index (χ4v) is 2.42. The lowest BCUT2D eigenvalue weighted by molar-refractivity contribution is -0.159. The molecule has 0 aromatic rings. The zero-order valence-electron chi connectivity index (χ0n) is 9.34. The molecule has 0 aromatic carbocycles. The lowest BCUT2D eigenvalue weighted by atomic mass is 9.59. The van der Waals surface area contributed by atoms with E-state index in [0.29, 0.717) is 12.8 Å². The Morgan fingerprint density at radius 3 is 2.07 bits per heavy atom. The molecule has 0 aromatic heterocycles. The van der Waals surface area contributed by atoms with Gasteiger partial charge >= 0.3 is 5.97 Å². The van der Waals surface area contributed by atoms with Crippen LogP contribution >= 0.6 is 0 Å². The summed E-state index contributed by atoms with van der Waals surface area (Å²) in [4.78, 5) is 11.4. The predicted molar refractivity (Wildman–Crippen MR) is 56.0 cm³/mol. The van der Waals surface area contributed by atoms with Crippen LogP contribution in [-0.2, 0) is 4.79 Å². The van der Waals surface area contributed by atoms with E-state index in [2.05, 4.69) is 0 Å². The van der Waals surface area contributed by atoms with Gasteiger partial charge in [-0.1, -0.05) is 20.8 Å². The summed E-state index contributed by atoms with van der Waals surface area (Å²) in [5, 5.41) is 9.37. The highest BCUT2D eigenvalue weighted by atomic mass is 16.4. The summed E-state index contributed by atoms with van der Waals surface area (Å²) in [5.74, 6) is -0.656. The Bertz CT molecular complexity index is 222. The summed E-state index contributed by atoms with van der Waals surface area (Å²) in [6.07, 6.45) is 3.10. The minimum absolute atomic E-state index is 0.182. The lowest BCUT2D eigenvalue weighted by Gasteiger charge is -2.45. The average Bonchev–Trinajstić information content (AvgIpc) is 2.02. The van der Waals surface area contributed by atoms with E-state index in [9.17, 15) is 9.90 Å². The number of rotatable bonds is 1. The molecule has 0 spiro atoms. The summed E-state index contributed by atoms with van der Waals surface area (Å²) in [7, 11) is 0. The van der Waals surface area contributed by atoms with Crippen LogP contribution in [0.25, 0.3) is 0 Å². The Morgan fingerprint density at radius 2 is 1.79 bits per heavy atom. The zero-order chi connectivity index (χ0) is 11.0. The summed E-state index contributed by atoms with van der Waals surface area (Å²) < 4.78 is 0. The minimum Gasteiger partial charge on any atom is -0.481 e. The van der Waals surface area contributed by atoms with E-state index in [0.717, 1.165) is 12.8 Å². The second kappa shape index (κ2) is 3.54. The molecule has 0 saturated heterocycles. The first-order chi connectivity index (χ1) is 6.29. The molecule has 3 nitrogen and oxygen atoms in total. The molecule has 0 amide bonds. The predicted octanol–water partition coefficient (Wildman–Crippen LogP) is 2.00. The summed E-state index contributed by atoms with van der Waals surface area (Å²) in [5.41, 5.74) is 5.06. The van der Waals surface area contributed by atoms with Gasteiger partial charge in [-0.15, -0.1) is 0 Å². The lowest BCUT2D eigenvalue weighted by Crippen LogP contribution is -2.47. The van der Waals surface area contributed by atoms with Crippen molar-refractivity contribution in [3.63, 3.8) is 0 Å². The highest BCUT2D eigenvalue weighted by molar-refractivity contribution is 5.75. The first-order valence-corrected chi connectivity index (χ1v) is 5.28. The Balaban J connectivity index is 2.90. The van der Waals surface area contributed by atoms with Crippen molar-refractivity contribution in [3.8, 4) is 0 Å². The van der Waals surface area contributed by atoms with Crippen molar-refractivity contribution in [2.45, 2.75) is 52.5 Å². The topological polar surface area (TPSA) is 63.3 Å². The first kappa shape index (κ1) is 11.5. The quantitative estimate of drug-likeness (QED) is 0.679. The molecular weight excluding hydrogens is 178 g/mol. The molecule has 0 radical (unpaired) electrons. The Labute approximate surface area is 85.7 Å². The van der Waals surface area contributed by atoms with E-state index < -0.39 is 11.4 Å². The fourth-order valence-electron chi connectivity index (χ4n) is 2.42. The van der Waals surface area contributed by atoms with Crippen molar-refractivity contribution >= 4 is 5.97 Å². The van der Waals surface area contributed by atoms with Crippen LogP contribution in [0.5, 0.6) is 0 Å². The number of hydrogen-bond acceptors (Lipinski definition) is 2. The number of carboxylic acid groups (broad SMARTS) is 1. The molecule has 3 heteroatoms. The normalized spacial score (nSPS) is 34.1. The van der Waals surface area contributed by atoms with Crippen LogP contribution in [0.4, 0.5) is 0 Å². The highest BCUT2D eigenvalue weighted by Crippen LogP contribution is 2.49. The van der Waals surface area contributed by atoms with Gasteiger partial charge in [0.05, 0.1) is 5.41 Å². The molecule has 0 atom stereocenters. The maximum absolute atomic E-state index is 11.4. The third-order valence-corrected chi connectivity index (χ3v) is 3.73. The smallest absolute Gasteiger partial charge is 0.310 e. The third-order valence-electron chi connectivity index (χ3n) is 3.73. The van der Waals surface area contributed by atoms with Crippen LogP contribution < -0.4 is 5.73 Å². The van der Waals surface area contributed by atoms with Gasteiger partial charge in [0.2, 0.25) is 0 Å². The number of carboxylic acids is 1. The van der Waals surface area contributed by atoms with Gasteiger partial charge in [-0.3, -0.25) is 4.79 Å². The van der Waals surface area contributed by atoms with Gasteiger partial charge in [-0.05, 0) is 31.1 Å². The minimum atomic E-state index is -0.656. The van der Waals surface area contributed by atoms with Crippen molar-refractivity contribution < 1.29 is 9.90 Å². The fraction of sp³-hybridized carbons (Fsp3) is 0.909. The van der Waals surface area contributed by atoms with Crippen molar-refractivity contribution in [2.75, 3.05) is 0 Å². The van der Waals surface area contributed by atoms with Crippen molar-refractivity contribution in [2.24, 2.45) is 16.6 Å². The van der Waals surface area contributed by atoms with Gasteiger partial charge in [0, 0.05) is 6.04 Å². The van der Waals surface area contributed by atoms with E-state index in [-0.39, 0.29) is 11.5 Å². The van der Waals surface area contributed by atoms with Crippen LogP contribution in [0.15, 0.2) is 0 Å². The molecule has 1 saturated carbocycles. The first-order valence-electron chi connectivity index (χ1n) is 5.28. The van der Waals surface area contributed by atoms with E-state index in [1.807, 2.05) is 20.8 Å². The van der Waals surface area contributed by atoms with E-state index in [4.69, 9.17) is 5.73 Å². The summed E-state index contributed by atoms with van der Waals surface area (Å²) in [6.45, 7) is 6.04. The van der Waals surface area contributed by atoms with Crippen LogP contribution in [-0.4, -0.2) is 17.1 Å². The van der Waals surface area contributed by atoms with Gasteiger partial charge in [0.1, 0.15) is 0 Å². The largest absolute Gasteiger partial charge is 0.481 e. The van der Waals surface area contributed by atoms with Gasteiger partial charge in [-0.2, -0.15) is 0 Å². The summed E-state index contributed by atoms with van der Waals surface area (Å²) >= 11 is 0. The molecule has 0 unspecified atom stereocenters. The van der Waals surface area contributed by atoms with E-state index in [1.165, 1.54) is 0 Å². The van der Waals surface area contributed by atoms with E-state index in [1.54, 1.807) is 0 Å². The summed E-state index contributed by atoms with van der Waals surface area (Å²) in [6, 6.07) is 0.199. The standard InChI is InChI=1S/C11H21NO2/c1-10(2,3)11(9(13)14)6-4-8(12)5-7-11/h8H,4-7,12H2,1-3H3,(H,13,14). The van der Waals surface area contributed by atoms with Crippen LogP contribution in [0.3, 0.4) is 0 Å². The monoisotopic (exact) mass is 199 g/mol. The average molecular weight is 199 g/mol. The molecule has 0 heterocycles. The van der Waals surface area contributed by atoms with Crippen molar-refractivity contribution in [3.05, 3.63) is 0 Å². The molecule has 1 rings (SSSR count). The Hall–Kier alpha value is -0.570. The van der Waals surface area contributed by atoms with E-state index >= 15 is 0 Å². The van der Waals surface area contributed by atoms with Crippen LogP contribution in [0.2, 0.25) is 0 Å². The van der Waals surface area contributed by atoms with Crippen molar-refractivity contribution in [1.29, 1.82) is 0 Å². The molecule has 3 N–H and O–H groups in total. The Kier molecular flexibility index (Phi) is 2.91. The molecule has 82 valence electrons. The third kappa shape index (κ3) is 1.78. The maximum atomic E-state index is 11.4. The molecule has 14 heavy (non-hydrogen) atoms. The SMILES string of the molecule is CC(C)(C)C1(C(=O)O)CCC(N)CC1. The van der Waals surface area contributed by atoms with Gasteiger partial charge < -0.3 is 10.8 Å². The maximum Gasteiger partial charge on any atom is 0.310 e. The van der Waals surface area contributed by atoms with Gasteiger partial charge in [-0.25, -0.2) is 0 Å². The Morgan fingerprint density at radius 1 is 1.36 bits per heavy atom. The van der Waals surface area contributed by atoms with Crippen LogP contribution in [0, 0.1) is 10.8 Å². The van der Waals surface area contributed by atoms with Gasteiger partial charge in [0.15, 0.2) is 0 Å². The number of hydrogen-bond donors (Lipinski definition) is 2. The number of nitrogens with two attached hydrogens (primary N) is 1. The zero-order valence-corrected chi connectivity index (χ0v) is 9.34. The molecule has 1 fully saturated rings. The number of aliphatic carboxylic acids is 1.